The molecular weight excluding hydrogens is 336 g/mol. The highest BCUT2D eigenvalue weighted by atomic mass is 16.7. The van der Waals surface area contributed by atoms with E-state index in [1.807, 2.05) is 18.2 Å². The Bertz CT molecular complexity index is 816. The number of pyridine rings is 1. The number of hydrogen-bond donors (Lipinski definition) is 1. The van der Waals surface area contributed by atoms with Gasteiger partial charge in [0.25, 0.3) is 5.91 Å². The summed E-state index contributed by atoms with van der Waals surface area (Å²) in [5.41, 5.74) is 1.35. The average molecular weight is 354 g/mol. The molecule has 26 heavy (non-hydrogen) atoms. The maximum Gasteiger partial charge on any atom is 0.255 e. The van der Waals surface area contributed by atoms with Crippen LogP contribution < -0.4 is 14.8 Å². The predicted molar refractivity (Wildman–Crippen MR) is 93.6 cm³/mol. The highest BCUT2D eigenvalue weighted by Crippen LogP contribution is 2.34. The summed E-state index contributed by atoms with van der Waals surface area (Å²) in [4.78, 5) is 31.0. The van der Waals surface area contributed by atoms with Gasteiger partial charge in [-0.15, -0.1) is 0 Å². The van der Waals surface area contributed by atoms with E-state index in [0.29, 0.717) is 43.3 Å². The Morgan fingerprint density at radius 1 is 1.08 bits per heavy atom. The van der Waals surface area contributed by atoms with Gasteiger partial charge in [-0.2, -0.15) is 0 Å². The first-order valence-electron chi connectivity index (χ1n) is 8.34. The van der Waals surface area contributed by atoms with E-state index in [1.165, 1.54) is 0 Å². The molecule has 134 valence electrons. The fraction of sp³-hybridized carbons (Fsp3) is 0.278. The van der Waals surface area contributed by atoms with Crippen molar-refractivity contribution in [1.29, 1.82) is 0 Å². The van der Waals surface area contributed by atoms with Gasteiger partial charge >= 0.3 is 0 Å². The molecule has 0 bridgehead atoms. The lowest BCUT2D eigenvalue weighted by Crippen LogP contribution is -2.48. The molecule has 0 unspecified atom stereocenters. The van der Waals surface area contributed by atoms with Crippen LogP contribution in [0.1, 0.15) is 10.4 Å². The first-order valence-corrected chi connectivity index (χ1v) is 8.34. The number of benzene rings is 1. The summed E-state index contributed by atoms with van der Waals surface area (Å²) in [6.45, 7) is 2.43. The molecule has 8 heteroatoms. The summed E-state index contributed by atoms with van der Waals surface area (Å²) in [6, 6.07) is 9.06. The van der Waals surface area contributed by atoms with Crippen LogP contribution in [-0.4, -0.2) is 60.1 Å². The number of amides is 2. The third-order valence-electron chi connectivity index (χ3n) is 4.41. The van der Waals surface area contributed by atoms with E-state index in [0.717, 1.165) is 17.8 Å². The van der Waals surface area contributed by atoms with Crippen molar-refractivity contribution in [2.24, 2.45) is 0 Å². The summed E-state index contributed by atoms with van der Waals surface area (Å²) >= 11 is 0. The van der Waals surface area contributed by atoms with Crippen LogP contribution in [0.2, 0.25) is 0 Å². The molecule has 8 nitrogen and oxygen atoms in total. The second-order valence-corrected chi connectivity index (χ2v) is 6.06. The number of ether oxygens (including phenoxy) is 2. The summed E-state index contributed by atoms with van der Waals surface area (Å²) in [7, 11) is 0. The average Bonchev–Trinajstić information content (AvgIpc) is 3.16. The summed E-state index contributed by atoms with van der Waals surface area (Å²) in [6.07, 6.45) is 2.38. The van der Waals surface area contributed by atoms with Crippen LogP contribution in [-0.2, 0) is 4.79 Å². The first kappa shape index (κ1) is 16.2. The lowest BCUT2D eigenvalue weighted by Gasteiger charge is -2.32. The normalized spacial score (nSPS) is 15.7. The zero-order valence-electron chi connectivity index (χ0n) is 14.1. The van der Waals surface area contributed by atoms with Gasteiger partial charge in [0.05, 0.1) is 5.56 Å². The maximum absolute atomic E-state index is 12.5. The number of carbonyl (C=O) groups excluding carboxylic acids is 2. The summed E-state index contributed by atoms with van der Waals surface area (Å²) in [5.74, 6) is 1.97. The van der Waals surface area contributed by atoms with Crippen molar-refractivity contribution < 1.29 is 19.1 Å². The first-order chi connectivity index (χ1) is 12.7. The second kappa shape index (κ2) is 6.91. The lowest BCUT2D eigenvalue weighted by atomic mass is 10.2. The number of nitrogens with one attached hydrogen (secondary N) is 1. The molecule has 1 saturated heterocycles. The Morgan fingerprint density at radius 3 is 2.62 bits per heavy atom. The highest BCUT2D eigenvalue weighted by Gasteiger charge is 2.21. The maximum atomic E-state index is 12.5. The number of aromatic nitrogens is 1. The van der Waals surface area contributed by atoms with Crippen molar-refractivity contribution in [2.75, 3.05) is 38.3 Å². The van der Waals surface area contributed by atoms with Crippen LogP contribution in [0.5, 0.6) is 11.5 Å². The van der Waals surface area contributed by atoms with Gasteiger partial charge < -0.3 is 24.6 Å². The molecule has 2 aliphatic heterocycles. The third-order valence-corrected chi connectivity index (χ3v) is 4.41. The molecule has 2 aromatic rings. The Kier molecular flexibility index (Phi) is 4.30. The molecule has 1 fully saturated rings. The zero-order chi connectivity index (χ0) is 17.9. The highest BCUT2D eigenvalue weighted by molar-refractivity contribution is 5.94. The van der Waals surface area contributed by atoms with E-state index < -0.39 is 0 Å². The number of nitrogens with zero attached hydrogens (tertiary/aromatic N) is 3. The molecule has 2 amide bonds. The fourth-order valence-electron chi connectivity index (χ4n) is 2.93. The van der Waals surface area contributed by atoms with Crippen molar-refractivity contribution in [3.63, 3.8) is 0 Å². The standard InChI is InChI=1S/C18H18N4O4/c23-11-21-5-7-22(8-6-21)18(24)13-1-4-17(19-10-13)20-14-2-3-15-16(9-14)26-12-25-15/h1-4,9-11H,5-8,12H2,(H,19,20). The van der Waals surface area contributed by atoms with Gasteiger partial charge in [0, 0.05) is 44.1 Å². The Labute approximate surface area is 150 Å². The summed E-state index contributed by atoms with van der Waals surface area (Å²) in [5, 5.41) is 3.18. The number of anilines is 2. The van der Waals surface area contributed by atoms with Gasteiger partial charge in [-0.05, 0) is 24.3 Å². The van der Waals surface area contributed by atoms with Crippen LogP contribution in [0.15, 0.2) is 36.5 Å². The Morgan fingerprint density at radius 2 is 1.88 bits per heavy atom. The summed E-state index contributed by atoms with van der Waals surface area (Å²) < 4.78 is 10.6. The van der Waals surface area contributed by atoms with Crippen molar-refractivity contribution >= 4 is 23.8 Å². The van der Waals surface area contributed by atoms with Gasteiger partial charge in [-0.3, -0.25) is 9.59 Å². The lowest BCUT2D eigenvalue weighted by molar-refractivity contribution is -0.119. The minimum Gasteiger partial charge on any atom is -0.454 e. The van der Waals surface area contributed by atoms with E-state index in [4.69, 9.17) is 9.47 Å². The monoisotopic (exact) mass is 354 g/mol. The largest absolute Gasteiger partial charge is 0.454 e. The smallest absolute Gasteiger partial charge is 0.255 e. The number of piperazine rings is 1. The van der Waals surface area contributed by atoms with Crippen LogP contribution in [0, 0.1) is 0 Å². The van der Waals surface area contributed by atoms with E-state index in [9.17, 15) is 9.59 Å². The van der Waals surface area contributed by atoms with Gasteiger partial charge in [0.15, 0.2) is 11.5 Å². The number of fused-ring (bicyclic) bond motifs is 1. The zero-order valence-corrected chi connectivity index (χ0v) is 14.1. The Hall–Kier alpha value is -3.29. The molecule has 0 spiro atoms. The minimum absolute atomic E-state index is 0.0716. The molecule has 4 rings (SSSR count). The van der Waals surface area contributed by atoms with Gasteiger partial charge in [0.1, 0.15) is 5.82 Å². The topological polar surface area (TPSA) is 84.0 Å². The van der Waals surface area contributed by atoms with Crippen LogP contribution in [0.25, 0.3) is 0 Å². The molecule has 0 atom stereocenters. The molecular formula is C18H18N4O4. The van der Waals surface area contributed by atoms with E-state index in [1.54, 1.807) is 28.1 Å². The van der Waals surface area contributed by atoms with Crippen molar-refractivity contribution in [3.8, 4) is 11.5 Å². The number of hydrogen-bond acceptors (Lipinski definition) is 6. The molecule has 1 aromatic heterocycles. The predicted octanol–water partition coefficient (Wildman–Crippen LogP) is 1.47. The van der Waals surface area contributed by atoms with E-state index in [2.05, 4.69) is 10.3 Å². The van der Waals surface area contributed by atoms with E-state index >= 15 is 0 Å². The van der Waals surface area contributed by atoms with Gasteiger partial charge in [0.2, 0.25) is 13.2 Å². The molecule has 0 saturated carbocycles. The minimum atomic E-state index is -0.0716. The molecule has 3 heterocycles. The molecule has 2 aliphatic rings. The van der Waals surface area contributed by atoms with Crippen molar-refractivity contribution in [1.82, 2.24) is 14.8 Å². The van der Waals surface area contributed by atoms with Gasteiger partial charge in [-0.25, -0.2) is 4.98 Å². The Balaban J connectivity index is 1.40. The third kappa shape index (κ3) is 3.26. The van der Waals surface area contributed by atoms with E-state index in [-0.39, 0.29) is 12.7 Å². The number of rotatable bonds is 4. The molecule has 1 N–H and O–H groups in total. The van der Waals surface area contributed by atoms with Crippen molar-refractivity contribution in [3.05, 3.63) is 42.1 Å². The molecule has 0 aliphatic carbocycles. The molecule has 1 aromatic carbocycles. The molecule has 0 radical (unpaired) electrons. The van der Waals surface area contributed by atoms with Crippen LogP contribution in [0.3, 0.4) is 0 Å². The quantitative estimate of drug-likeness (QED) is 0.837. The van der Waals surface area contributed by atoms with Crippen LogP contribution in [0.4, 0.5) is 11.5 Å². The van der Waals surface area contributed by atoms with Gasteiger partial charge in [-0.1, -0.05) is 0 Å². The van der Waals surface area contributed by atoms with Crippen LogP contribution >= 0.6 is 0 Å². The fourth-order valence-corrected chi connectivity index (χ4v) is 2.93. The van der Waals surface area contributed by atoms with Crippen molar-refractivity contribution in [2.45, 2.75) is 0 Å². The SMILES string of the molecule is O=CN1CCN(C(=O)c2ccc(Nc3ccc4c(c3)OCO4)nc2)CC1. The number of carbonyl (C=O) groups is 2. The second-order valence-electron chi connectivity index (χ2n) is 6.06.